The molecule has 1 amide bonds. The van der Waals surface area contributed by atoms with E-state index in [4.69, 9.17) is 9.47 Å². The lowest BCUT2D eigenvalue weighted by molar-refractivity contribution is -0.127. The van der Waals surface area contributed by atoms with E-state index in [2.05, 4.69) is 4.90 Å². The molecule has 1 aromatic rings. The Balaban J connectivity index is 1.44. The Morgan fingerprint density at radius 1 is 1.24 bits per heavy atom. The van der Waals surface area contributed by atoms with Gasteiger partial charge in [0.2, 0.25) is 5.91 Å². The van der Waals surface area contributed by atoms with Crippen LogP contribution in [0.15, 0.2) is 30.3 Å². The number of piperazine rings is 1. The summed E-state index contributed by atoms with van der Waals surface area (Å²) in [6.07, 6.45) is 6.29. The first kappa shape index (κ1) is 18.0. The van der Waals surface area contributed by atoms with Crippen LogP contribution in [0.5, 0.6) is 5.75 Å². The van der Waals surface area contributed by atoms with E-state index in [1.54, 1.807) is 6.08 Å². The van der Waals surface area contributed by atoms with Crippen molar-refractivity contribution in [2.24, 2.45) is 0 Å². The SMILES string of the molecule is CCOc1ccc(/C=C/C(=O)N2CCN(CC3CCCO3)CC2)cc1. The van der Waals surface area contributed by atoms with Gasteiger partial charge in [-0.25, -0.2) is 0 Å². The first-order valence-electron chi connectivity index (χ1n) is 9.28. The second-order valence-corrected chi connectivity index (χ2v) is 6.60. The molecule has 2 heterocycles. The fourth-order valence-corrected chi connectivity index (χ4v) is 3.34. The normalized spacial score (nSPS) is 21.8. The van der Waals surface area contributed by atoms with Gasteiger partial charge in [0, 0.05) is 45.4 Å². The molecule has 25 heavy (non-hydrogen) atoms. The fourth-order valence-electron chi connectivity index (χ4n) is 3.34. The summed E-state index contributed by atoms with van der Waals surface area (Å²) in [7, 11) is 0. The molecule has 0 N–H and O–H groups in total. The van der Waals surface area contributed by atoms with E-state index < -0.39 is 0 Å². The number of carbonyl (C=O) groups is 1. The first-order chi connectivity index (χ1) is 12.2. The van der Waals surface area contributed by atoms with Crippen molar-refractivity contribution < 1.29 is 14.3 Å². The number of amides is 1. The van der Waals surface area contributed by atoms with Crippen LogP contribution in [0, 0.1) is 0 Å². The van der Waals surface area contributed by atoms with Gasteiger partial charge in [0.25, 0.3) is 0 Å². The summed E-state index contributed by atoms with van der Waals surface area (Å²) in [6, 6.07) is 7.79. The minimum Gasteiger partial charge on any atom is -0.494 e. The van der Waals surface area contributed by atoms with E-state index in [9.17, 15) is 4.79 Å². The Morgan fingerprint density at radius 2 is 2.00 bits per heavy atom. The van der Waals surface area contributed by atoms with Crippen LogP contribution in [-0.4, -0.2) is 67.7 Å². The van der Waals surface area contributed by atoms with E-state index in [-0.39, 0.29) is 5.91 Å². The lowest BCUT2D eigenvalue weighted by Crippen LogP contribution is -2.50. The molecule has 2 fully saturated rings. The standard InChI is InChI=1S/C20H28N2O3/c1-2-24-18-8-5-17(6-9-18)7-10-20(23)22-13-11-21(12-14-22)16-19-4-3-15-25-19/h5-10,19H,2-4,11-16H2,1H3/b10-7+. The Bertz CT molecular complexity index is 571. The maximum Gasteiger partial charge on any atom is 0.246 e. The molecule has 5 heteroatoms. The maximum absolute atomic E-state index is 12.4. The summed E-state index contributed by atoms with van der Waals surface area (Å²) in [6.45, 7) is 7.98. The van der Waals surface area contributed by atoms with E-state index in [0.29, 0.717) is 12.7 Å². The van der Waals surface area contributed by atoms with Crippen LogP contribution in [0.25, 0.3) is 6.08 Å². The molecular weight excluding hydrogens is 316 g/mol. The Kier molecular flexibility index (Phi) is 6.48. The molecule has 0 spiro atoms. The Hall–Kier alpha value is -1.85. The van der Waals surface area contributed by atoms with E-state index >= 15 is 0 Å². The second kappa shape index (κ2) is 9.02. The molecular formula is C20H28N2O3. The van der Waals surface area contributed by atoms with Crippen LogP contribution in [0.4, 0.5) is 0 Å². The molecule has 2 aliphatic heterocycles. The van der Waals surface area contributed by atoms with Crippen LogP contribution in [0.2, 0.25) is 0 Å². The van der Waals surface area contributed by atoms with Crippen molar-refractivity contribution in [3.63, 3.8) is 0 Å². The van der Waals surface area contributed by atoms with Gasteiger partial charge in [-0.1, -0.05) is 12.1 Å². The van der Waals surface area contributed by atoms with Crippen molar-refractivity contribution >= 4 is 12.0 Å². The molecule has 1 unspecified atom stereocenters. The van der Waals surface area contributed by atoms with E-state index in [1.807, 2.05) is 42.2 Å². The van der Waals surface area contributed by atoms with Crippen LogP contribution in [0.3, 0.4) is 0 Å². The summed E-state index contributed by atoms with van der Waals surface area (Å²) < 4.78 is 11.1. The zero-order valence-corrected chi connectivity index (χ0v) is 15.0. The van der Waals surface area contributed by atoms with Gasteiger partial charge in [0.1, 0.15) is 5.75 Å². The van der Waals surface area contributed by atoms with Crippen LogP contribution in [-0.2, 0) is 9.53 Å². The topological polar surface area (TPSA) is 42.0 Å². The molecule has 1 atom stereocenters. The minimum atomic E-state index is 0.0886. The molecule has 2 aliphatic rings. The molecule has 0 bridgehead atoms. The molecule has 3 rings (SSSR count). The smallest absolute Gasteiger partial charge is 0.246 e. The van der Waals surface area contributed by atoms with Gasteiger partial charge in [0.15, 0.2) is 0 Å². The van der Waals surface area contributed by atoms with Gasteiger partial charge in [-0.2, -0.15) is 0 Å². The lowest BCUT2D eigenvalue weighted by atomic mass is 10.2. The number of benzene rings is 1. The van der Waals surface area contributed by atoms with Crippen molar-refractivity contribution in [1.82, 2.24) is 9.80 Å². The Morgan fingerprint density at radius 3 is 2.64 bits per heavy atom. The zero-order valence-electron chi connectivity index (χ0n) is 15.0. The van der Waals surface area contributed by atoms with E-state index in [0.717, 1.165) is 50.6 Å². The highest BCUT2D eigenvalue weighted by molar-refractivity contribution is 5.91. The summed E-state index contributed by atoms with van der Waals surface area (Å²) in [5.41, 5.74) is 1.01. The largest absolute Gasteiger partial charge is 0.494 e. The molecule has 0 aliphatic carbocycles. The molecule has 2 saturated heterocycles. The zero-order chi connectivity index (χ0) is 17.5. The van der Waals surface area contributed by atoms with E-state index in [1.165, 1.54) is 12.8 Å². The highest BCUT2D eigenvalue weighted by Crippen LogP contribution is 2.15. The van der Waals surface area contributed by atoms with Gasteiger partial charge in [-0.3, -0.25) is 9.69 Å². The minimum absolute atomic E-state index is 0.0886. The third kappa shape index (κ3) is 5.31. The molecule has 1 aromatic carbocycles. The number of hydrogen-bond acceptors (Lipinski definition) is 4. The second-order valence-electron chi connectivity index (χ2n) is 6.60. The van der Waals surface area contributed by atoms with Gasteiger partial charge >= 0.3 is 0 Å². The number of ether oxygens (including phenoxy) is 2. The van der Waals surface area contributed by atoms with Gasteiger partial charge in [0.05, 0.1) is 12.7 Å². The van der Waals surface area contributed by atoms with Crippen molar-refractivity contribution in [1.29, 1.82) is 0 Å². The summed E-state index contributed by atoms with van der Waals surface area (Å²) in [5.74, 6) is 0.944. The van der Waals surface area contributed by atoms with Crippen molar-refractivity contribution in [3.05, 3.63) is 35.9 Å². The summed E-state index contributed by atoms with van der Waals surface area (Å²) >= 11 is 0. The highest BCUT2D eigenvalue weighted by atomic mass is 16.5. The van der Waals surface area contributed by atoms with Crippen molar-refractivity contribution in [3.8, 4) is 5.75 Å². The quantitative estimate of drug-likeness (QED) is 0.743. The Labute approximate surface area is 150 Å². The van der Waals surface area contributed by atoms with Crippen molar-refractivity contribution in [2.75, 3.05) is 45.9 Å². The molecule has 0 saturated carbocycles. The van der Waals surface area contributed by atoms with Crippen LogP contribution >= 0.6 is 0 Å². The van der Waals surface area contributed by atoms with Gasteiger partial charge in [-0.15, -0.1) is 0 Å². The average Bonchev–Trinajstić information content (AvgIpc) is 3.15. The number of carbonyl (C=O) groups excluding carboxylic acids is 1. The van der Waals surface area contributed by atoms with Crippen molar-refractivity contribution in [2.45, 2.75) is 25.9 Å². The average molecular weight is 344 g/mol. The number of rotatable bonds is 6. The summed E-state index contributed by atoms with van der Waals surface area (Å²) in [5, 5.41) is 0. The number of nitrogens with zero attached hydrogens (tertiary/aromatic N) is 2. The summed E-state index contributed by atoms with van der Waals surface area (Å²) in [4.78, 5) is 16.7. The first-order valence-corrected chi connectivity index (χ1v) is 9.28. The maximum atomic E-state index is 12.4. The highest BCUT2D eigenvalue weighted by Gasteiger charge is 2.23. The predicted molar refractivity (Wildman–Crippen MR) is 98.6 cm³/mol. The molecule has 136 valence electrons. The third-order valence-electron chi connectivity index (χ3n) is 4.78. The molecule has 0 radical (unpaired) electrons. The van der Waals surface area contributed by atoms with Gasteiger partial charge in [-0.05, 0) is 43.5 Å². The fraction of sp³-hybridized carbons (Fsp3) is 0.550. The molecule has 5 nitrogen and oxygen atoms in total. The van der Waals surface area contributed by atoms with Crippen LogP contribution in [0.1, 0.15) is 25.3 Å². The van der Waals surface area contributed by atoms with Crippen LogP contribution < -0.4 is 4.74 Å². The predicted octanol–water partition coefficient (Wildman–Crippen LogP) is 2.42. The third-order valence-corrected chi connectivity index (χ3v) is 4.78. The lowest BCUT2D eigenvalue weighted by Gasteiger charge is -2.35. The molecule has 0 aromatic heterocycles. The number of hydrogen-bond donors (Lipinski definition) is 0. The monoisotopic (exact) mass is 344 g/mol. The van der Waals surface area contributed by atoms with Gasteiger partial charge < -0.3 is 14.4 Å².